The Morgan fingerprint density at radius 2 is 1.74 bits per heavy atom. The van der Waals surface area contributed by atoms with Crippen molar-refractivity contribution in [3.63, 3.8) is 0 Å². The van der Waals surface area contributed by atoms with E-state index in [0.717, 1.165) is 11.1 Å². The summed E-state index contributed by atoms with van der Waals surface area (Å²) in [6, 6.07) is 15.3. The van der Waals surface area contributed by atoms with Gasteiger partial charge in [-0.3, -0.25) is 4.79 Å². The van der Waals surface area contributed by atoms with Gasteiger partial charge in [0.05, 0.1) is 6.33 Å². The molecule has 1 aliphatic rings. The molecular formula is C25H26N4O5. The van der Waals surface area contributed by atoms with Gasteiger partial charge in [-0.25, -0.2) is 14.6 Å². The highest BCUT2D eigenvalue weighted by atomic mass is 16.5. The van der Waals surface area contributed by atoms with Crippen molar-refractivity contribution in [2.24, 2.45) is 0 Å². The minimum atomic E-state index is -1.09. The molecule has 1 aromatic heterocycles. The second-order valence-corrected chi connectivity index (χ2v) is 8.02. The molecule has 34 heavy (non-hydrogen) atoms. The maximum atomic E-state index is 12.3. The standard InChI is InChI=1S/C25H26N4O5/c1-2-21(24(31)32)28-23(30)22-13-29(15-27-22)12-11-26-25(33)34-14-20-18-9-5-3-7-16(18)17-8-4-6-10-19(17)20/h3-10,13,15,20-21H,2,11-12,14H2,1H3,(H,26,33)(H,28,30)(H,31,32)/t21-/m0/s1. The molecule has 0 unspecified atom stereocenters. The number of aromatic nitrogens is 2. The predicted octanol–water partition coefficient (Wildman–Crippen LogP) is 3.01. The monoisotopic (exact) mass is 462 g/mol. The molecule has 0 aliphatic heterocycles. The molecule has 9 nitrogen and oxygen atoms in total. The minimum absolute atomic E-state index is 0.00869. The topological polar surface area (TPSA) is 123 Å². The summed E-state index contributed by atoms with van der Waals surface area (Å²) in [5.41, 5.74) is 4.74. The number of ether oxygens (including phenoxy) is 1. The number of fused-ring (bicyclic) bond motifs is 3. The van der Waals surface area contributed by atoms with Gasteiger partial charge in [0.2, 0.25) is 0 Å². The van der Waals surface area contributed by atoms with Gasteiger partial charge in [0.15, 0.2) is 0 Å². The van der Waals surface area contributed by atoms with E-state index in [1.54, 1.807) is 11.5 Å². The Morgan fingerprint density at radius 1 is 1.09 bits per heavy atom. The van der Waals surface area contributed by atoms with E-state index in [0.29, 0.717) is 6.54 Å². The van der Waals surface area contributed by atoms with Crippen LogP contribution in [0.1, 0.15) is 40.9 Å². The van der Waals surface area contributed by atoms with Crippen LogP contribution in [-0.4, -0.2) is 51.8 Å². The highest BCUT2D eigenvalue weighted by molar-refractivity contribution is 5.94. The van der Waals surface area contributed by atoms with E-state index in [2.05, 4.69) is 39.9 Å². The maximum Gasteiger partial charge on any atom is 0.407 e. The summed E-state index contributed by atoms with van der Waals surface area (Å²) in [5, 5.41) is 14.2. The maximum absolute atomic E-state index is 12.3. The first-order valence-electron chi connectivity index (χ1n) is 11.1. The number of aliphatic carboxylic acids is 1. The van der Waals surface area contributed by atoms with Gasteiger partial charge < -0.3 is 25.0 Å². The SMILES string of the molecule is CC[C@H](NC(=O)c1cn(CCNC(=O)OCC2c3ccccc3-c3ccccc32)cn1)C(=O)O. The number of rotatable bonds is 9. The van der Waals surface area contributed by atoms with E-state index in [1.807, 2.05) is 24.3 Å². The summed E-state index contributed by atoms with van der Waals surface area (Å²) in [6.07, 6.45) is 2.71. The highest BCUT2D eigenvalue weighted by Crippen LogP contribution is 2.44. The van der Waals surface area contributed by atoms with Gasteiger partial charge in [-0.15, -0.1) is 0 Å². The first kappa shape index (κ1) is 23.0. The number of benzene rings is 2. The summed E-state index contributed by atoms with van der Waals surface area (Å²) < 4.78 is 7.14. The molecule has 3 N–H and O–H groups in total. The van der Waals surface area contributed by atoms with Gasteiger partial charge in [0.25, 0.3) is 5.91 Å². The number of carboxylic acids is 1. The lowest BCUT2D eigenvalue weighted by molar-refractivity contribution is -0.139. The van der Waals surface area contributed by atoms with Crippen molar-refractivity contribution < 1.29 is 24.2 Å². The molecule has 0 fully saturated rings. The molecule has 3 aromatic rings. The Hall–Kier alpha value is -4.14. The van der Waals surface area contributed by atoms with Crippen LogP contribution in [0.3, 0.4) is 0 Å². The quantitative estimate of drug-likeness (QED) is 0.449. The molecule has 2 amide bonds. The van der Waals surface area contributed by atoms with E-state index in [-0.39, 0.29) is 31.2 Å². The van der Waals surface area contributed by atoms with Crippen molar-refractivity contribution in [3.8, 4) is 11.1 Å². The summed E-state index contributed by atoms with van der Waals surface area (Å²) >= 11 is 0. The predicted molar refractivity (Wildman–Crippen MR) is 124 cm³/mol. The fraction of sp³-hybridized carbons (Fsp3) is 0.280. The molecule has 2 aromatic carbocycles. The molecule has 0 bridgehead atoms. The molecule has 1 aliphatic carbocycles. The van der Waals surface area contributed by atoms with E-state index < -0.39 is 24.0 Å². The van der Waals surface area contributed by atoms with Crippen LogP contribution in [0.4, 0.5) is 4.79 Å². The number of alkyl carbamates (subject to hydrolysis) is 1. The molecular weight excluding hydrogens is 436 g/mol. The lowest BCUT2D eigenvalue weighted by Gasteiger charge is -2.14. The normalized spacial score (nSPS) is 13.0. The molecule has 176 valence electrons. The Labute approximate surface area is 196 Å². The molecule has 1 atom stereocenters. The molecule has 1 heterocycles. The second kappa shape index (κ2) is 10.2. The molecule has 0 radical (unpaired) electrons. The van der Waals surface area contributed by atoms with Crippen LogP contribution >= 0.6 is 0 Å². The number of nitrogens with one attached hydrogen (secondary N) is 2. The minimum Gasteiger partial charge on any atom is -0.480 e. The Kier molecular flexibility index (Phi) is 6.91. The molecule has 0 saturated heterocycles. The van der Waals surface area contributed by atoms with Gasteiger partial charge in [0.1, 0.15) is 18.3 Å². The van der Waals surface area contributed by atoms with Gasteiger partial charge >= 0.3 is 12.1 Å². The Morgan fingerprint density at radius 3 is 2.35 bits per heavy atom. The largest absolute Gasteiger partial charge is 0.480 e. The third-order valence-corrected chi connectivity index (χ3v) is 5.86. The number of hydrogen-bond donors (Lipinski definition) is 3. The van der Waals surface area contributed by atoms with Crippen molar-refractivity contribution >= 4 is 18.0 Å². The molecule has 0 saturated carbocycles. The lowest BCUT2D eigenvalue weighted by atomic mass is 9.98. The van der Waals surface area contributed by atoms with Crippen molar-refractivity contribution in [1.82, 2.24) is 20.2 Å². The van der Waals surface area contributed by atoms with Gasteiger partial charge in [0, 0.05) is 25.2 Å². The van der Waals surface area contributed by atoms with E-state index in [4.69, 9.17) is 9.84 Å². The van der Waals surface area contributed by atoms with Crippen LogP contribution in [0.25, 0.3) is 11.1 Å². The first-order valence-corrected chi connectivity index (χ1v) is 11.1. The van der Waals surface area contributed by atoms with Gasteiger partial charge in [-0.1, -0.05) is 55.5 Å². The second-order valence-electron chi connectivity index (χ2n) is 8.02. The summed E-state index contributed by atoms with van der Waals surface area (Å²) in [5.74, 6) is -1.66. The fourth-order valence-corrected chi connectivity index (χ4v) is 4.11. The van der Waals surface area contributed by atoms with Crippen molar-refractivity contribution in [1.29, 1.82) is 0 Å². The van der Waals surface area contributed by atoms with Gasteiger partial charge in [-0.2, -0.15) is 0 Å². The Bertz CT molecular complexity index is 1160. The van der Waals surface area contributed by atoms with Gasteiger partial charge in [-0.05, 0) is 28.7 Å². The molecule has 9 heteroatoms. The van der Waals surface area contributed by atoms with Crippen molar-refractivity contribution in [2.75, 3.05) is 13.2 Å². The zero-order valence-electron chi connectivity index (χ0n) is 18.7. The summed E-state index contributed by atoms with van der Waals surface area (Å²) in [7, 11) is 0. The van der Waals surface area contributed by atoms with Crippen molar-refractivity contribution in [3.05, 3.63) is 77.9 Å². The fourth-order valence-electron chi connectivity index (χ4n) is 4.11. The molecule has 0 spiro atoms. The van der Waals surface area contributed by atoms with Crippen LogP contribution in [0.2, 0.25) is 0 Å². The first-order chi connectivity index (χ1) is 16.5. The Balaban J connectivity index is 1.26. The van der Waals surface area contributed by atoms with Crippen LogP contribution in [0.15, 0.2) is 61.1 Å². The molecule has 4 rings (SSSR count). The third kappa shape index (κ3) is 4.93. The van der Waals surface area contributed by atoms with E-state index in [1.165, 1.54) is 23.7 Å². The number of amides is 2. The zero-order chi connectivity index (χ0) is 24.1. The lowest BCUT2D eigenvalue weighted by Crippen LogP contribution is -2.40. The van der Waals surface area contributed by atoms with E-state index >= 15 is 0 Å². The number of carbonyl (C=O) groups excluding carboxylic acids is 2. The van der Waals surface area contributed by atoms with Crippen LogP contribution in [-0.2, 0) is 16.1 Å². The van der Waals surface area contributed by atoms with Crippen LogP contribution < -0.4 is 10.6 Å². The smallest absolute Gasteiger partial charge is 0.407 e. The number of nitrogens with zero attached hydrogens (tertiary/aromatic N) is 2. The van der Waals surface area contributed by atoms with Crippen LogP contribution in [0, 0.1) is 0 Å². The number of hydrogen-bond acceptors (Lipinski definition) is 5. The summed E-state index contributed by atoms with van der Waals surface area (Å²) in [6.45, 7) is 2.56. The van der Waals surface area contributed by atoms with E-state index in [9.17, 15) is 14.4 Å². The number of carbonyl (C=O) groups is 3. The highest BCUT2D eigenvalue weighted by Gasteiger charge is 2.29. The number of carboxylic acid groups (broad SMARTS) is 1. The van der Waals surface area contributed by atoms with Crippen molar-refractivity contribution in [2.45, 2.75) is 31.8 Å². The average molecular weight is 463 g/mol. The van der Waals surface area contributed by atoms with Crippen LogP contribution in [0.5, 0.6) is 0 Å². The third-order valence-electron chi connectivity index (χ3n) is 5.86. The summed E-state index contributed by atoms with van der Waals surface area (Å²) in [4.78, 5) is 39.5. The number of imidazole rings is 1. The average Bonchev–Trinajstić information content (AvgIpc) is 3.44. The zero-order valence-corrected chi connectivity index (χ0v) is 18.7.